The van der Waals surface area contributed by atoms with E-state index in [-0.39, 0.29) is 37.2 Å². The van der Waals surface area contributed by atoms with Gasteiger partial charge in [0.2, 0.25) is 0 Å². The summed E-state index contributed by atoms with van der Waals surface area (Å²) in [7, 11) is -1.32. The molecule has 24 heavy (non-hydrogen) atoms. The molecule has 1 aromatic carbocycles. The van der Waals surface area contributed by atoms with Crippen LogP contribution in [0.15, 0.2) is 48.7 Å². The van der Waals surface area contributed by atoms with Gasteiger partial charge in [0, 0.05) is 0 Å². The summed E-state index contributed by atoms with van der Waals surface area (Å²) in [5.74, 6) is 0.463. The van der Waals surface area contributed by atoms with Crippen molar-refractivity contribution in [2.75, 3.05) is 0 Å². The fourth-order valence-electron chi connectivity index (χ4n) is 3.05. The van der Waals surface area contributed by atoms with Crippen molar-refractivity contribution >= 4 is 17.7 Å². The molecule has 0 radical (unpaired) electrons. The molecule has 0 saturated carbocycles. The number of fused-ring (bicyclic) bond motifs is 1. The van der Waals surface area contributed by atoms with Crippen LogP contribution in [0.4, 0.5) is 0 Å². The van der Waals surface area contributed by atoms with Crippen LogP contribution < -0.4 is 41.6 Å². The quantitative estimate of drug-likeness (QED) is 0.439. The molecular weight excluding hydrogens is 417 g/mol. The van der Waals surface area contributed by atoms with Crippen molar-refractivity contribution in [3.8, 4) is 0 Å². The first-order valence-corrected chi connectivity index (χ1v) is 11.5. The van der Waals surface area contributed by atoms with E-state index in [0.717, 1.165) is 6.42 Å². The molecule has 1 heterocycles. The summed E-state index contributed by atoms with van der Waals surface area (Å²) in [6.07, 6.45) is 5.37. The molecule has 1 aromatic heterocycles. The van der Waals surface area contributed by atoms with Crippen LogP contribution >= 0.6 is 0 Å². The number of rotatable bonds is 3. The molecule has 1 unspecified atom stereocenters. The van der Waals surface area contributed by atoms with E-state index in [9.17, 15) is 0 Å². The third kappa shape index (κ3) is 4.88. The number of halogens is 3. The largest absolute Gasteiger partial charge is 1.00 e. The van der Waals surface area contributed by atoms with Crippen molar-refractivity contribution in [1.82, 2.24) is 4.98 Å². The summed E-state index contributed by atoms with van der Waals surface area (Å²) in [5.41, 5.74) is 4.12. The maximum Gasteiger partial charge on any atom is -1.00 e. The molecule has 2 aromatic rings. The van der Waals surface area contributed by atoms with Gasteiger partial charge < -0.3 is 37.2 Å². The van der Waals surface area contributed by atoms with Crippen molar-refractivity contribution < 1.29 is 53.5 Å². The van der Waals surface area contributed by atoms with Crippen molar-refractivity contribution in [3.05, 3.63) is 65.5 Å². The third-order valence-corrected chi connectivity index (χ3v) is 6.72. The van der Waals surface area contributed by atoms with Gasteiger partial charge in [-0.25, -0.2) is 0 Å². The topological polar surface area (TPSA) is 12.9 Å². The molecule has 1 atom stereocenters. The van der Waals surface area contributed by atoms with E-state index in [1.165, 1.54) is 21.2 Å². The second-order valence-corrected chi connectivity index (χ2v) is 12.4. The molecule has 0 aliphatic heterocycles. The van der Waals surface area contributed by atoms with Crippen LogP contribution in [0.25, 0.3) is 5.20 Å². The second-order valence-electron chi connectivity index (χ2n) is 6.68. The normalized spacial score (nSPS) is 15.2. The molecule has 128 valence electrons. The Balaban J connectivity index is 0.00000176. The maximum atomic E-state index is 4.55. The number of benzene rings is 1. The molecule has 0 spiro atoms. The monoisotopic (exact) mass is 435 g/mol. The Morgan fingerprint density at radius 3 is 2.29 bits per heavy atom. The van der Waals surface area contributed by atoms with Gasteiger partial charge in [-0.3, -0.25) is 0 Å². The molecule has 0 amide bonds. The molecule has 1 aliphatic carbocycles. The van der Waals surface area contributed by atoms with Gasteiger partial charge in [0.05, 0.1) is 0 Å². The summed E-state index contributed by atoms with van der Waals surface area (Å²) in [5, 5.41) is 1.60. The van der Waals surface area contributed by atoms with Gasteiger partial charge in [-0.05, 0) is 0 Å². The average Bonchev–Trinajstić information content (AvgIpc) is 2.81. The standard InChI is InChI=1S/C18H20NSi.3ClH.Cr/c1-20(2,3)18-13-14(12-15-8-6-7-11-19-15)16-9-4-5-10-17(16)18;;;;/h4-7,9-11,13-14H,12H2,1-3H3;3*1H;/q;;;;+3/p-3. The van der Waals surface area contributed by atoms with Crippen LogP contribution in [-0.2, 0) is 22.7 Å². The number of pyridine rings is 1. The Kier molecular flexibility index (Phi) is 9.33. The molecule has 0 fully saturated rings. The van der Waals surface area contributed by atoms with E-state index in [1.54, 1.807) is 5.20 Å². The van der Waals surface area contributed by atoms with Crippen LogP contribution in [-0.4, -0.2) is 13.1 Å². The van der Waals surface area contributed by atoms with Crippen LogP contribution in [0.3, 0.4) is 0 Å². The number of hydrogen-bond donors (Lipinski definition) is 0. The fraction of sp³-hybridized carbons (Fsp3) is 0.278. The van der Waals surface area contributed by atoms with Gasteiger partial charge in [-0.2, -0.15) is 0 Å². The zero-order chi connectivity index (χ0) is 15.0. The molecule has 1 aliphatic rings. The van der Waals surface area contributed by atoms with Gasteiger partial charge >= 0.3 is 136 Å². The summed E-state index contributed by atoms with van der Waals surface area (Å²) in [6.45, 7) is 7.29. The smallest absolute Gasteiger partial charge is 1.00 e. The molecule has 3 rings (SSSR count). The Morgan fingerprint density at radius 1 is 1.00 bits per heavy atom. The summed E-state index contributed by atoms with van der Waals surface area (Å²) >= 11 is 3.14. The molecule has 0 bridgehead atoms. The maximum absolute atomic E-state index is 4.55. The van der Waals surface area contributed by atoms with Crippen LogP contribution in [0.5, 0.6) is 0 Å². The summed E-state index contributed by atoms with van der Waals surface area (Å²) in [6, 6.07) is 13.0. The minimum atomic E-state index is -1.32. The van der Waals surface area contributed by atoms with E-state index in [0.29, 0.717) is 5.92 Å². The zero-order valence-electron chi connectivity index (χ0n) is 13.9. The summed E-state index contributed by atoms with van der Waals surface area (Å²) in [4.78, 5) is 4.55. The van der Waals surface area contributed by atoms with Gasteiger partial charge in [0.25, 0.3) is 0 Å². The van der Waals surface area contributed by atoms with Crippen molar-refractivity contribution in [3.63, 3.8) is 0 Å². The number of aromatic nitrogens is 1. The van der Waals surface area contributed by atoms with Gasteiger partial charge in [0.1, 0.15) is 0 Å². The van der Waals surface area contributed by atoms with Crippen LogP contribution in [0.1, 0.15) is 22.7 Å². The zero-order valence-corrected chi connectivity index (χ0v) is 18.4. The van der Waals surface area contributed by atoms with E-state index in [1.807, 2.05) is 12.3 Å². The Hall–Kier alpha value is -0.271. The van der Waals surface area contributed by atoms with E-state index in [2.05, 4.69) is 77.3 Å². The molecule has 0 saturated heterocycles. The first kappa shape index (κ1) is 23.7. The second kappa shape index (κ2) is 9.43. The van der Waals surface area contributed by atoms with Crippen molar-refractivity contribution in [2.24, 2.45) is 0 Å². The van der Waals surface area contributed by atoms with Crippen LogP contribution in [0.2, 0.25) is 19.6 Å². The SMILES string of the molecule is C[Si](C)(C)C1=CC(Cc2nccc[c]2[Cr+3])c2ccccc21.[Cl-].[Cl-].[Cl-]. The minimum Gasteiger partial charge on any atom is -1.00 e. The number of allylic oxidation sites excluding steroid dienone is 1. The molecular formula is C18H20Cl3CrNSi. The first-order chi connectivity index (χ1) is 9.97. The average molecular weight is 437 g/mol. The van der Waals surface area contributed by atoms with E-state index in [4.69, 9.17) is 0 Å². The fourth-order valence-corrected chi connectivity index (χ4v) is 5.13. The number of nitrogens with zero attached hydrogens (tertiary/aromatic N) is 1. The van der Waals surface area contributed by atoms with Crippen molar-refractivity contribution in [1.29, 1.82) is 0 Å². The Bertz CT molecular complexity index is 713. The predicted molar refractivity (Wildman–Crippen MR) is 88.1 cm³/mol. The van der Waals surface area contributed by atoms with Crippen LogP contribution in [0, 0.1) is 0 Å². The van der Waals surface area contributed by atoms with Crippen molar-refractivity contribution in [2.45, 2.75) is 32.0 Å². The molecule has 6 heteroatoms. The first-order valence-electron chi connectivity index (χ1n) is 7.39. The van der Waals surface area contributed by atoms with E-state index >= 15 is 0 Å². The number of hydrogen-bond acceptors (Lipinski definition) is 1. The predicted octanol–water partition coefficient (Wildman–Crippen LogP) is -5.13. The molecule has 1 nitrogen and oxygen atoms in total. The van der Waals surface area contributed by atoms with E-state index < -0.39 is 8.07 Å². The molecule has 0 N–H and O–H groups in total. The van der Waals surface area contributed by atoms with Gasteiger partial charge in [-0.15, -0.1) is 0 Å². The third-order valence-electron chi connectivity index (χ3n) is 4.09. The van der Waals surface area contributed by atoms with Gasteiger partial charge in [0.15, 0.2) is 0 Å². The van der Waals surface area contributed by atoms with Gasteiger partial charge in [-0.1, -0.05) is 0 Å². The Labute approximate surface area is 173 Å². The summed E-state index contributed by atoms with van der Waals surface area (Å²) < 4.78 is 1.17. The minimum absolute atomic E-state index is 0. The Morgan fingerprint density at radius 2 is 1.67 bits per heavy atom.